The van der Waals surface area contributed by atoms with Gasteiger partial charge in [0, 0.05) is 18.3 Å². The Bertz CT molecular complexity index is 246. The quantitative estimate of drug-likeness (QED) is 0.697. The highest BCUT2D eigenvalue weighted by molar-refractivity contribution is 6.17. The molecule has 2 saturated carbocycles. The molecule has 15 heavy (non-hydrogen) atoms. The van der Waals surface area contributed by atoms with E-state index in [1.165, 1.54) is 25.7 Å². The van der Waals surface area contributed by atoms with Crippen molar-refractivity contribution in [2.24, 2.45) is 17.3 Å². The van der Waals surface area contributed by atoms with Crippen LogP contribution in [0.5, 0.6) is 0 Å². The first-order valence-corrected chi connectivity index (χ1v) is 6.54. The first-order chi connectivity index (χ1) is 7.17. The maximum absolute atomic E-state index is 11.8. The number of carbonyl (C=O) groups is 1. The summed E-state index contributed by atoms with van der Waals surface area (Å²) >= 11 is 5.75. The highest BCUT2D eigenvalue weighted by atomic mass is 35.5. The number of alkyl halides is 1. The maximum Gasteiger partial charge on any atom is 0.223 e. The summed E-state index contributed by atoms with van der Waals surface area (Å²) in [5.41, 5.74) is 0.362. The monoisotopic (exact) mass is 229 g/mol. The molecule has 2 aliphatic carbocycles. The number of amides is 1. The van der Waals surface area contributed by atoms with E-state index in [2.05, 4.69) is 5.32 Å². The van der Waals surface area contributed by atoms with Crippen LogP contribution in [0.2, 0.25) is 0 Å². The normalized spacial score (nSPS) is 24.7. The molecule has 0 aromatic heterocycles. The van der Waals surface area contributed by atoms with E-state index in [0.29, 0.717) is 17.2 Å². The fraction of sp³-hybridized carbons (Fsp3) is 0.917. The van der Waals surface area contributed by atoms with Gasteiger partial charge in [-0.05, 0) is 43.4 Å². The maximum atomic E-state index is 11.8. The predicted octanol–water partition coefficient (Wildman–Crippen LogP) is 2.56. The molecule has 0 saturated heterocycles. The molecule has 2 fully saturated rings. The van der Waals surface area contributed by atoms with Crippen LogP contribution in [0.15, 0.2) is 0 Å². The molecule has 1 atom stereocenters. The Morgan fingerprint density at radius 3 is 2.67 bits per heavy atom. The zero-order valence-corrected chi connectivity index (χ0v) is 10.1. The lowest BCUT2D eigenvalue weighted by Gasteiger charge is -2.17. The van der Waals surface area contributed by atoms with Crippen molar-refractivity contribution in [3.8, 4) is 0 Å². The van der Waals surface area contributed by atoms with Gasteiger partial charge in [-0.15, -0.1) is 11.6 Å². The molecule has 3 heteroatoms. The minimum atomic E-state index is 0.219. The van der Waals surface area contributed by atoms with E-state index in [0.717, 1.165) is 13.0 Å². The minimum Gasteiger partial charge on any atom is -0.355 e. The summed E-state index contributed by atoms with van der Waals surface area (Å²) < 4.78 is 0. The van der Waals surface area contributed by atoms with E-state index >= 15 is 0 Å². The summed E-state index contributed by atoms with van der Waals surface area (Å²) in [4.78, 5) is 11.8. The number of rotatable bonds is 6. The molecule has 2 nitrogen and oxygen atoms in total. The Labute approximate surface area is 96.8 Å². The van der Waals surface area contributed by atoms with E-state index in [1.54, 1.807) is 0 Å². The van der Waals surface area contributed by atoms with Gasteiger partial charge in [0.05, 0.1) is 0 Å². The first-order valence-electron chi connectivity index (χ1n) is 6.01. The molecule has 0 heterocycles. The number of carbonyl (C=O) groups excluding carboxylic acids is 1. The number of hydrogen-bond acceptors (Lipinski definition) is 1. The molecule has 2 rings (SSSR count). The molecule has 1 unspecified atom stereocenters. The third-order valence-electron chi connectivity index (χ3n) is 3.96. The number of halogens is 1. The van der Waals surface area contributed by atoms with Gasteiger partial charge < -0.3 is 5.32 Å². The summed E-state index contributed by atoms with van der Waals surface area (Å²) in [6.07, 6.45) is 5.99. The fourth-order valence-corrected chi connectivity index (χ4v) is 2.54. The van der Waals surface area contributed by atoms with Crippen LogP contribution < -0.4 is 5.32 Å². The molecular formula is C12H20ClNO. The van der Waals surface area contributed by atoms with Gasteiger partial charge in [0.25, 0.3) is 0 Å². The van der Waals surface area contributed by atoms with Crippen molar-refractivity contribution in [3.05, 3.63) is 0 Å². The molecule has 1 N–H and O–H groups in total. The summed E-state index contributed by atoms with van der Waals surface area (Å²) in [6.45, 7) is 2.89. The molecule has 0 radical (unpaired) electrons. The van der Waals surface area contributed by atoms with Crippen LogP contribution in [0, 0.1) is 17.3 Å². The Kier molecular flexibility index (Phi) is 3.24. The SMILES string of the molecule is CC(C(=O)NCC1(CCCl)CC1)C1CC1. The van der Waals surface area contributed by atoms with Crippen LogP contribution >= 0.6 is 11.6 Å². The second kappa shape index (κ2) is 4.32. The topological polar surface area (TPSA) is 29.1 Å². The van der Waals surface area contributed by atoms with Crippen LogP contribution in [-0.2, 0) is 4.79 Å². The second-order valence-corrected chi connectivity index (χ2v) is 5.66. The number of hydrogen-bond donors (Lipinski definition) is 1. The molecule has 2 aliphatic rings. The van der Waals surface area contributed by atoms with Crippen molar-refractivity contribution in [1.29, 1.82) is 0 Å². The summed E-state index contributed by atoms with van der Waals surface area (Å²) in [5.74, 6) is 1.84. The Hall–Kier alpha value is -0.240. The van der Waals surface area contributed by atoms with Gasteiger partial charge in [0.1, 0.15) is 0 Å². The van der Waals surface area contributed by atoms with Crippen molar-refractivity contribution in [1.82, 2.24) is 5.32 Å². The van der Waals surface area contributed by atoms with Crippen molar-refractivity contribution in [3.63, 3.8) is 0 Å². The van der Waals surface area contributed by atoms with Crippen molar-refractivity contribution >= 4 is 17.5 Å². The van der Waals surface area contributed by atoms with Crippen LogP contribution in [0.1, 0.15) is 39.0 Å². The lowest BCUT2D eigenvalue weighted by atomic mass is 10.0. The molecule has 86 valence electrons. The zero-order chi connectivity index (χ0) is 10.9. The van der Waals surface area contributed by atoms with Gasteiger partial charge in [0.2, 0.25) is 5.91 Å². The van der Waals surface area contributed by atoms with Crippen LogP contribution in [0.25, 0.3) is 0 Å². The largest absolute Gasteiger partial charge is 0.355 e. The fourth-order valence-electron chi connectivity index (χ4n) is 2.14. The average Bonchev–Trinajstić information content (AvgIpc) is 3.08. The Balaban J connectivity index is 1.70. The van der Waals surface area contributed by atoms with Gasteiger partial charge in [-0.3, -0.25) is 4.79 Å². The van der Waals surface area contributed by atoms with Gasteiger partial charge in [-0.2, -0.15) is 0 Å². The van der Waals surface area contributed by atoms with E-state index in [4.69, 9.17) is 11.6 Å². The van der Waals surface area contributed by atoms with E-state index in [1.807, 2.05) is 6.92 Å². The highest BCUT2D eigenvalue weighted by Crippen LogP contribution is 2.48. The molecule has 0 spiro atoms. The van der Waals surface area contributed by atoms with Crippen molar-refractivity contribution in [2.45, 2.75) is 39.0 Å². The second-order valence-electron chi connectivity index (χ2n) is 5.28. The van der Waals surface area contributed by atoms with Gasteiger partial charge in [-0.1, -0.05) is 6.92 Å². The van der Waals surface area contributed by atoms with E-state index in [-0.39, 0.29) is 11.8 Å². The molecule has 1 amide bonds. The van der Waals surface area contributed by atoms with E-state index < -0.39 is 0 Å². The molecule has 0 aromatic rings. The molecular weight excluding hydrogens is 210 g/mol. The predicted molar refractivity (Wildman–Crippen MR) is 61.9 cm³/mol. The van der Waals surface area contributed by atoms with E-state index in [9.17, 15) is 4.79 Å². The minimum absolute atomic E-state index is 0.219. The average molecular weight is 230 g/mol. The molecule has 0 bridgehead atoms. The third-order valence-corrected chi connectivity index (χ3v) is 4.15. The third kappa shape index (κ3) is 2.87. The van der Waals surface area contributed by atoms with Gasteiger partial charge in [-0.25, -0.2) is 0 Å². The first kappa shape index (κ1) is 11.3. The summed E-state index contributed by atoms with van der Waals surface area (Å²) in [7, 11) is 0. The Morgan fingerprint density at radius 1 is 1.53 bits per heavy atom. The van der Waals surface area contributed by atoms with Crippen LogP contribution in [0.4, 0.5) is 0 Å². The smallest absolute Gasteiger partial charge is 0.223 e. The van der Waals surface area contributed by atoms with Crippen LogP contribution in [-0.4, -0.2) is 18.3 Å². The van der Waals surface area contributed by atoms with Crippen LogP contribution in [0.3, 0.4) is 0 Å². The highest BCUT2D eigenvalue weighted by Gasteiger charge is 2.42. The van der Waals surface area contributed by atoms with Crippen molar-refractivity contribution < 1.29 is 4.79 Å². The zero-order valence-electron chi connectivity index (χ0n) is 9.39. The lowest BCUT2D eigenvalue weighted by Crippen LogP contribution is -2.35. The summed E-state index contributed by atoms with van der Waals surface area (Å²) in [6, 6.07) is 0. The summed E-state index contributed by atoms with van der Waals surface area (Å²) in [5, 5.41) is 3.09. The van der Waals surface area contributed by atoms with Gasteiger partial charge >= 0.3 is 0 Å². The Morgan fingerprint density at radius 2 is 2.20 bits per heavy atom. The lowest BCUT2D eigenvalue weighted by molar-refractivity contribution is -0.125. The van der Waals surface area contributed by atoms with Gasteiger partial charge in [0.15, 0.2) is 0 Å². The number of nitrogens with one attached hydrogen (secondary N) is 1. The molecule has 0 aliphatic heterocycles. The molecule has 0 aromatic carbocycles. The van der Waals surface area contributed by atoms with Crippen molar-refractivity contribution in [2.75, 3.05) is 12.4 Å². The standard InChI is InChI=1S/C12H20ClNO/c1-9(10-2-3-10)11(15)14-8-12(4-5-12)6-7-13/h9-10H,2-8H2,1H3,(H,14,15).